The van der Waals surface area contributed by atoms with Crippen LogP contribution in [0.4, 0.5) is 14.5 Å². The zero-order chi connectivity index (χ0) is 18.9. The van der Waals surface area contributed by atoms with E-state index in [1.165, 1.54) is 12.1 Å². The number of rotatable bonds is 3. The summed E-state index contributed by atoms with van der Waals surface area (Å²) in [6.07, 6.45) is 1.60. The molecular formula is C21H22F2N2O2. The SMILES string of the molecule is O=C1COC2(CCN(Cc3ccc(F)c(F)c3)CC2)CN1c1ccccc1. The van der Waals surface area contributed by atoms with Crippen LogP contribution in [0, 0.1) is 11.6 Å². The summed E-state index contributed by atoms with van der Waals surface area (Å²) in [7, 11) is 0. The zero-order valence-corrected chi connectivity index (χ0v) is 15.0. The monoisotopic (exact) mass is 372 g/mol. The second kappa shape index (κ2) is 7.37. The predicted molar refractivity (Wildman–Crippen MR) is 98.3 cm³/mol. The Morgan fingerprint density at radius 2 is 1.74 bits per heavy atom. The molecule has 142 valence electrons. The number of nitrogens with zero attached hydrogens (tertiary/aromatic N) is 2. The van der Waals surface area contributed by atoms with Crippen LogP contribution in [0.25, 0.3) is 0 Å². The number of halogens is 2. The van der Waals surface area contributed by atoms with Crippen molar-refractivity contribution >= 4 is 11.6 Å². The van der Waals surface area contributed by atoms with E-state index in [0.717, 1.165) is 37.2 Å². The van der Waals surface area contributed by atoms with Gasteiger partial charge in [0, 0.05) is 25.3 Å². The summed E-state index contributed by atoms with van der Waals surface area (Å²) < 4.78 is 32.5. The number of hydrogen-bond donors (Lipinski definition) is 0. The predicted octanol–water partition coefficient (Wildman–Crippen LogP) is 3.36. The molecule has 2 aromatic carbocycles. The molecule has 0 atom stereocenters. The average molecular weight is 372 g/mol. The molecule has 0 N–H and O–H groups in total. The zero-order valence-electron chi connectivity index (χ0n) is 15.0. The maximum atomic E-state index is 13.4. The number of amides is 1. The van der Waals surface area contributed by atoms with Crippen molar-refractivity contribution in [1.29, 1.82) is 0 Å². The number of anilines is 1. The molecule has 2 saturated heterocycles. The molecule has 2 aromatic rings. The Morgan fingerprint density at radius 1 is 1.00 bits per heavy atom. The fraction of sp³-hybridized carbons (Fsp3) is 0.381. The molecule has 2 aliphatic rings. The molecule has 1 amide bonds. The number of benzene rings is 2. The van der Waals surface area contributed by atoms with Crippen LogP contribution in [0.1, 0.15) is 18.4 Å². The Balaban J connectivity index is 1.40. The molecule has 0 aliphatic carbocycles. The van der Waals surface area contributed by atoms with Crippen molar-refractivity contribution in [2.24, 2.45) is 0 Å². The van der Waals surface area contributed by atoms with Gasteiger partial charge < -0.3 is 9.64 Å². The molecule has 4 nitrogen and oxygen atoms in total. The number of morpholine rings is 1. The van der Waals surface area contributed by atoms with Gasteiger partial charge in [-0.3, -0.25) is 9.69 Å². The van der Waals surface area contributed by atoms with Crippen molar-refractivity contribution in [2.75, 3.05) is 31.1 Å². The number of hydrogen-bond acceptors (Lipinski definition) is 3. The van der Waals surface area contributed by atoms with Crippen LogP contribution in [0.3, 0.4) is 0 Å². The van der Waals surface area contributed by atoms with Gasteiger partial charge in [0.2, 0.25) is 0 Å². The lowest BCUT2D eigenvalue weighted by Crippen LogP contribution is -2.58. The fourth-order valence-electron chi connectivity index (χ4n) is 3.88. The average Bonchev–Trinajstić information content (AvgIpc) is 2.69. The van der Waals surface area contributed by atoms with E-state index in [4.69, 9.17) is 4.74 Å². The fourth-order valence-corrected chi connectivity index (χ4v) is 3.88. The van der Waals surface area contributed by atoms with Crippen LogP contribution >= 0.6 is 0 Å². The highest BCUT2D eigenvalue weighted by atomic mass is 19.2. The Hall–Kier alpha value is -2.31. The second-order valence-electron chi connectivity index (χ2n) is 7.31. The number of para-hydroxylation sites is 1. The molecule has 0 aromatic heterocycles. The van der Waals surface area contributed by atoms with Gasteiger partial charge in [-0.2, -0.15) is 0 Å². The Bertz CT molecular complexity index is 820. The minimum absolute atomic E-state index is 0.0176. The molecule has 2 heterocycles. The lowest BCUT2D eigenvalue weighted by molar-refractivity contribution is -0.144. The molecule has 2 fully saturated rings. The summed E-state index contributed by atoms with van der Waals surface area (Å²) in [5, 5.41) is 0. The van der Waals surface area contributed by atoms with Crippen LogP contribution in [-0.4, -0.2) is 42.6 Å². The Labute approximate surface area is 157 Å². The van der Waals surface area contributed by atoms with Crippen molar-refractivity contribution in [3.8, 4) is 0 Å². The van der Waals surface area contributed by atoms with E-state index in [1.54, 1.807) is 6.07 Å². The largest absolute Gasteiger partial charge is 0.363 e. The van der Waals surface area contributed by atoms with Crippen LogP contribution in [0.15, 0.2) is 48.5 Å². The number of piperidine rings is 1. The standard InChI is InChI=1S/C21H22F2N2O2/c22-18-7-6-16(12-19(18)23)13-24-10-8-21(9-11-24)15-25(20(26)14-27-21)17-4-2-1-3-5-17/h1-7,12H,8-11,13-15H2. The highest BCUT2D eigenvalue weighted by molar-refractivity contribution is 5.95. The van der Waals surface area contributed by atoms with Crippen LogP contribution in [0.5, 0.6) is 0 Å². The van der Waals surface area contributed by atoms with E-state index in [-0.39, 0.29) is 18.1 Å². The molecule has 6 heteroatoms. The first-order chi connectivity index (χ1) is 13.0. The minimum atomic E-state index is -0.822. The second-order valence-corrected chi connectivity index (χ2v) is 7.31. The number of carbonyl (C=O) groups excluding carboxylic acids is 1. The lowest BCUT2D eigenvalue weighted by Gasteiger charge is -2.47. The van der Waals surface area contributed by atoms with Crippen molar-refractivity contribution in [3.63, 3.8) is 0 Å². The van der Waals surface area contributed by atoms with Gasteiger partial charge in [0.25, 0.3) is 5.91 Å². The summed E-state index contributed by atoms with van der Waals surface area (Å²) in [5.74, 6) is -1.65. The normalized spacial score (nSPS) is 20.2. The molecule has 0 unspecified atom stereocenters. The number of likely N-dealkylation sites (tertiary alicyclic amines) is 1. The van der Waals surface area contributed by atoms with Crippen molar-refractivity contribution in [3.05, 3.63) is 65.7 Å². The Kier molecular flexibility index (Phi) is 4.93. The summed E-state index contributed by atoms with van der Waals surface area (Å²) in [4.78, 5) is 16.3. The van der Waals surface area contributed by atoms with E-state index >= 15 is 0 Å². The van der Waals surface area contributed by atoms with Gasteiger partial charge in [0.15, 0.2) is 11.6 Å². The van der Waals surface area contributed by atoms with E-state index in [1.807, 2.05) is 35.2 Å². The van der Waals surface area contributed by atoms with Gasteiger partial charge in [-0.05, 0) is 42.7 Å². The van der Waals surface area contributed by atoms with Crippen LogP contribution in [0.2, 0.25) is 0 Å². The first kappa shape index (κ1) is 18.1. The van der Waals surface area contributed by atoms with Gasteiger partial charge in [0.05, 0.1) is 12.1 Å². The summed E-state index contributed by atoms with van der Waals surface area (Å²) in [6.45, 7) is 2.80. The molecule has 0 saturated carbocycles. The third-order valence-electron chi connectivity index (χ3n) is 5.47. The summed E-state index contributed by atoms with van der Waals surface area (Å²) in [6, 6.07) is 13.7. The molecule has 0 bridgehead atoms. The number of ether oxygens (including phenoxy) is 1. The van der Waals surface area contributed by atoms with E-state index in [0.29, 0.717) is 13.1 Å². The minimum Gasteiger partial charge on any atom is -0.363 e. The quantitative estimate of drug-likeness (QED) is 0.828. The highest BCUT2D eigenvalue weighted by Crippen LogP contribution is 2.33. The number of carbonyl (C=O) groups is 1. The maximum absolute atomic E-state index is 13.4. The van der Waals surface area contributed by atoms with Crippen molar-refractivity contribution in [2.45, 2.75) is 25.0 Å². The van der Waals surface area contributed by atoms with E-state index in [9.17, 15) is 13.6 Å². The molecular weight excluding hydrogens is 350 g/mol. The molecule has 1 spiro atoms. The summed E-state index contributed by atoms with van der Waals surface area (Å²) in [5.41, 5.74) is 1.32. The van der Waals surface area contributed by atoms with Gasteiger partial charge in [-0.15, -0.1) is 0 Å². The van der Waals surface area contributed by atoms with Gasteiger partial charge >= 0.3 is 0 Å². The first-order valence-corrected chi connectivity index (χ1v) is 9.20. The summed E-state index contributed by atoms with van der Waals surface area (Å²) >= 11 is 0. The van der Waals surface area contributed by atoms with Gasteiger partial charge in [0.1, 0.15) is 6.61 Å². The first-order valence-electron chi connectivity index (χ1n) is 9.20. The lowest BCUT2D eigenvalue weighted by atomic mass is 9.88. The van der Waals surface area contributed by atoms with Crippen LogP contribution < -0.4 is 4.90 Å². The van der Waals surface area contributed by atoms with E-state index in [2.05, 4.69) is 4.90 Å². The third kappa shape index (κ3) is 3.87. The van der Waals surface area contributed by atoms with E-state index < -0.39 is 11.6 Å². The van der Waals surface area contributed by atoms with Gasteiger partial charge in [-0.1, -0.05) is 24.3 Å². The molecule has 4 rings (SSSR count). The smallest absolute Gasteiger partial charge is 0.253 e. The maximum Gasteiger partial charge on any atom is 0.253 e. The van der Waals surface area contributed by atoms with Crippen LogP contribution in [-0.2, 0) is 16.1 Å². The van der Waals surface area contributed by atoms with Crippen molar-refractivity contribution < 1.29 is 18.3 Å². The molecule has 2 aliphatic heterocycles. The highest BCUT2D eigenvalue weighted by Gasteiger charge is 2.42. The third-order valence-corrected chi connectivity index (χ3v) is 5.47. The van der Waals surface area contributed by atoms with Gasteiger partial charge in [-0.25, -0.2) is 8.78 Å². The van der Waals surface area contributed by atoms with Crippen molar-refractivity contribution in [1.82, 2.24) is 4.90 Å². The Morgan fingerprint density at radius 3 is 2.44 bits per heavy atom. The molecule has 0 radical (unpaired) electrons. The topological polar surface area (TPSA) is 32.8 Å². The molecule has 27 heavy (non-hydrogen) atoms.